The normalized spacial score (nSPS) is 17.6. The average molecular weight is 1050 g/mol. The molecule has 16 nitrogen and oxygen atoms in total. The highest BCUT2D eigenvalue weighted by molar-refractivity contribution is 5.91. The Bertz CT molecular complexity index is 2180. The number of amides is 6. The number of nitrogens with one attached hydrogen (secondary N) is 4. The first-order valence-electron chi connectivity index (χ1n) is 27.6. The van der Waals surface area contributed by atoms with E-state index in [4.69, 9.17) is 0 Å². The van der Waals surface area contributed by atoms with Crippen LogP contribution in [0, 0.1) is 10.8 Å². The van der Waals surface area contributed by atoms with Crippen LogP contribution in [0.25, 0.3) is 0 Å². The van der Waals surface area contributed by atoms with Gasteiger partial charge in [-0.3, -0.25) is 38.6 Å². The largest absolute Gasteiger partial charge is 0.342 e. The van der Waals surface area contributed by atoms with E-state index in [1.165, 1.54) is 0 Å². The Hall–Kier alpha value is -5.68. The molecule has 2 fully saturated rings. The number of benzene rings is 3. The standard InChI is InChI=1S/C60H92N10O6/c1-43(61-9)55(73)63-53(59(3,4)5)57(75)69-33-19-25-49(69)39-67(35-31-45-21-15-13-16-22-45)51(71)41-65(11)37-47-27-29-48(30-28-47)38-66(12)42-52(72)68(36-32-46-23-17-14-18-24-46)40-50-26-20-34-70(50)58(76)54(60(6,7)8)64-56(74)44(2)62-10/h13-18,21-24,27-30,43-44,49-50,53-54,61-62H,19-20,25-26,31-42H2,1-12H3,(H,63,73)(H,64,74)/t43-,44-,49-,50-,53+,54+/m0/s1. The Kier molecular flexibility index (Phi) is 23.0. The molecule has 6 atom stereocenters. The second kappa shape index (κ2) is 28.6. The van der Waals surface area contributed by atoms with E-state index in [2.05, 4.69) is 69.8 Å². The molecule has 0 saturated carbocycles. The van der Waals surface area contributed by atoms with Crippen LogP contribution in [0.1, 0.15) is 103 Å². The third-order valence-electron chi connectivity index (χ3n) is 15.1. The van der Waals surface area contributed by atoms with E-state index in [0.717, 1.165) is 47.9 Å². The number of hydrogen-bond acceptors (Lipinski definition) is 10. The van der Waals surface area contributed by atoms with E-state index in [1.807, 2.05) is 121 Å². The summed E-state index contributed by atoms with van der Waals surface area (Å²) in [6, 6.07) is 25.9. The average Bonchev–Trinajstić information content (AvgIpc) is 4.06. The van der Waals surface area contributed by atoms with E-state index in [1.54, 1.807) is 27.9 Å². The van der Waals surface area contributed by atoms with Crippen LogP contribution in [0.2, 0.25) is 0 Å². The van der Waals surface area contributed by atoms with E-state index < -0.39 is 35.0 Å². The van der Waals surface area contributed by atoms with E-state index in [0.29, 0.717) is 65.2 Å². The molecule has 2 aliphatic heterocycles. The minimum atomic E-state index is -0.715. The lowest BCUT2D eigenvalue weighted by Gasteiger charge is -2.38. The van der Waals surface area contributed by atoms with Gasteiger partial charge in [-0.2, -0.15) is 0 Å². The Morgan fingerprint density at radius 3 is 1.20 bits per heavy atom. The Balaban J connectivity index is 1.21. The van der Waals surface area contributed by atoms with Crippen molar-refractivity contribution in [3.63, 3.8) is 0 Å². The number of nitrogens with zero attached hydrogens (tertiary/aromatic N) is 6. The van der Waals surface area contributed by atoms with E-state index in [-0.39, 0.29) is 60.6 Å². The molecule has 5 rings (SSSR count). The number of likely N-dealkylation sites (N-methyl/N-ethyl adjacent to an activating group) is 4. The summed E-state index contributed by atoms with van der Waals surface area (Å²) >= 11 is 0. The van der Waals surface area contributed by atoms with Crippen molar-refractivity contribution in [3.8, 4) is 0 Å². The molecular weight excluding hydrogens is 957 g/mol. The van der Waals surface area contributed by atoms with Gasteiger partial charge >= 0.3 is 0 Å². The number of carbonyl (C=O) groups is 6. The van der Waals surface area contributed by atoms with Crippen molar-refractivity contribution in [1.29, 1.82) is 0 Å². The molecule has 0 aliphatic carbocycles. The summed E-state index contributed by atoms with van der Waals surface area (Å²) < 4.78 is 0. The first-order chi connectivity index (χ1) is 36.0. The minimum absolute atomic E-state index is 0.00773. The highest BCUT2D eigenvalue weighted by Gasteiger charge is 2.42. The van der Waals surface area contributed by atoms with Crippen molar-refractivity contribution >= 4 is 35.4 Å². The van der Waals surface area contributed by atoms with E-state index >= 15 is 0 Å². The van der Waals surface area contributed by atoms with Gasteiger partial charge in [-0.05, 0) is 114 Å². The van der Waals surface area contributed by atoms with Gasteiger partial charge < -0.3 is 40.9 Å². The van der Waals surface area contributed by atoms with Crippen molar-refractivity contribution in [2.75, 3.05) is 80.5 Å². The zero-order chi connectivity index (χ0) is 55.7. The van der Waals surface area contributed by atoms with Gasteiger partial charge in [0.05, 0.1) is 25.2 Å². The third-order valence-corrected chi connectivity index (χ3v) is 15.1. The molecule has 0 bridgehead atoms. The Labute approximate surface area is 455 Å². The molecular formula is C60H92N10O6. The highest BCUT2D eigenvalue weighted by Crippen LogP contribution is 2.28. The molecule has 0 radical (unpaired) electrons. The zero-order valence-corrected chi connectivity index (χ0v) is 48.0. The first-order valence-corrected chi connectivity index (χ1v) is 27.6. The fourth-order valence-electron chi connectivity index (χ4n) is 10.2. The molecule has 3 aromatic rings. The van der Waals surface area contributed by atoms with Crippen LogP contribution in [-0.2, 0) is 54.7 Å². The maximum atomic E-state index is 14.3. The second-order valence-corrected chi connectivity index (χ2v) is 23.6. The van der Waals surface area contributed by atoms with Gasteiger partial charge in [-0.25, -0.2) is 0 Å². The van der Waals surface area contributed by atoms with Gasteiger partial charge in [0.15, 0.2) is 0 Å². The van der Waals surface area contributed by atoms with Crippen molar-refractivity contribution < 1.29 is 28.8 Å². The van der Waals surface area contributed by atoms with Gasteiger partial charge in [-0.1, -0.05) is 126 Å². The first kappa shape index (κ1) is 61.2. The summed E-state index contributed by atoms with van der Waals surface area (Å²) in [6.45, 7) is 19.8. The van der Waals surface area contributed by atoms with Crippen LogP contribution in [0.5, 0.6) is 0 Å². The molecule has 6 amide bonds. The van der Waals surface area contributed by atoms with Crippen molar-refractivity contribution in [2.45, 2.75) is 143 Å². The summed E-state index contributed by atoms with van der Waals surface area (Å²) in [5, 5.41) is 12.0. The highest BCUT2D eigenvalue weighted by atomic mass is 16.2. The maximum Gasteiger partial charge on any atom is 0.246 e. The lowest BCUT2D eigenvalue weighted by Crippen LogP contribution is -2.59. The fraction of sp³-hybridized carbons (Fsp3) is 0.600. The topological polar surface area (TPSA) is 170 Å². The van der Waals surface area contributed by atoms with Crippen molar-refractivity contribution in [3.05, 3.63) is 107 Å². The monoisotopic (exact) mass is 1050 g/mol. The smallest absolute Gasteiger partial charge is 0.246 e. The molecule has 2 aliphatic rings. The Morgan fingerprint density at radius 2 is 0.882 bits per heavy atom. The van der Waals surface area contributed by atoms with Crippen molar-refractivity contribution in [1.82, 2.24) is 50.7 Å². The number of carbonyl (C=O) groups excluding carboxylic acids is 6. The molecule has 2 saturated heterocycles. The molecule has 0 aromatic heterocycles. The van der Waals surface area contributed by atoms with Crippen LogP contribution < -0.4 is 21.3 Å². The summed E-state index contributed by atoms with van der Waals surface area (Å²) in [5.41, 5.74) is 3.33. The molecule has 0 unspecified atom stereocenters. The maximum absolute atomic E-state index is 14.3. The predicted octanol–water partition coefficient (Wildman–Crippen LogP) is 4.95. The summed E-state index contributed by atoms with van der Waals surface area (Å²) in [6.07, 6.45) is 4.57. The minimum Gasteiger partial charge on any atom is -0.342 e. The lowest BCUT2D eigenvalue weighted by atomic mass is 9.85. The molecule has 3 aromatic carbocycles. The van der Waals surface area contributed by atoms with Gasteiger partial charge in [-0.15, -0.1) is 0 Å². The van der Waals surface area contributed by atoms with Crippen LogP contribution in [0.3, 0.4) is 0 Å². The van der Waals surface area contributed by atoms with Crippen molar-refractivity contribution in [2.24, 2.45) is 10.8 Å². The SMILES string of the molecule is CN[C@@H](C)C(=O)N[C@H](C(=O)N1CCC[C@H]1CN(CCc1ccccc1)C(=O)CN(C)Cc1ccc(CN(C)CC(=O)N(CCc2ccccc2)C[C@@H]2CCCN2C(=O)[C@@H](NC(=O)[C@H](C)NC)C(C)(C)C)cc1)C(C)(C)C. The van der Waals surface area contributed by atoms with Crippen LogP contribution >= 0.6 is 0 Å². The van der Waals surface area contributed by atoms with E-state index in [9.17, 15) is 28.8 Å². The second-order valence-electron chi connectivity index (χ2n) is 23.6. The third kappa shape index (κ3) is 18.2. The van der Waals surface area contributed by atoms with Gasteiger partial charge in [0.1, 0.15) is 12.1 Å². The van der Waals surface area contributed by atoms with Crippen LogP contribution in [-0.4, -0.2) is 182 Å². The van der Waals surface area contributed by atoms with Crippen LogP contribution in [0.4, 0.5) is 0 Å². The quantitative estimate of drug-likeness (QED) is 0.0864. The molecule has 0 spiro atoms. The predicted molar refractivity (Wildman–Crippen MR) is 302 cm³/mol. The van der Waals surface area contributed by atoms with Gasteiger partial charge in [0.2, 0.25) is 35.4 Å². The lowest BCUT2D eigenvalue weighted by molar-refractivity contribution is -0.142. The molecule has 16 heteroatoms. The molecule has 2 heterocycles. The number of rotatable bonds is 26. The van der Waals surface area contributed by atoms with Gasteiger partial charge in [0, 0.05) is 64.4 Å². The number of likely N-dealkylation sites (tertiary alicyclic amines) is 2. The molecule has 76 heavy (non-hydrogen) atoms. The Morgan fingerprint density at radius 1 is 0.539 bits per heavy atom. The zero-order valence-electron chi connectivity index (χ0n) is 48.0. The van der Waals surface area contributed by atoms with Crippen LogP contribution in [0.15, 0.2) is 84.9 Å². The van der Waals surface area contributed by atoms with Gasteiger partial charge in [0.25, 0.3) is 0 Å². The summed E-state index contributed by atoms with van der Waals surface area (Å²) in [5.74, 6) is -0.697. The fourth-order valence-corrected chi connectivity index (χ4v) is 10.2. The number of hydrogen-bond donors (Lipinski definition) is 4. The molecule has 418 valence electrons. The molecule has 4 N–H and O–H groups in total. The summed E-state index contributed by atoms with van der Waals surface area (Å²) in [4.78, 5) is 94.9. The summed E-state index contributed by atoms with van der Waals surface area (Å²) in [7, 11) is 7.34.